The summed E-state index contributed by atoms with van der Waals surface area (Å²) in [6.07, 6.45) is 2.68. The second kappa shape index (κ2) is 9.42. The molecule has 2 aromatic heterocycles. The van der Waals surface area contributed by atoms with E-state index >= 15 is 0 Å². The number of aromatic amines is 1. The Morgan fingerprint density at radius 2 is 1.92 bits per heavy atom. The van der Waals surface area contributed by atoms with Gasteiger partial charge in [0.05, 0.1) is 18.0 Å². The zero-order chi connectivity index (χ0) is 25.5. The lowest BCUT2D eigenvalue weighted by Crippen LogP contribution is -2.07. The topological polar surface area (TPSA) is 92.0 Å². The van der Waals surface area contributed by atoms with Crippen molar-refractivity contribution in [2.75, 3.05) is 5.32 Å². The van der Waals surface area contributed by atoms with Gasteiger partial charge in [-0.25, -0.2) is 14.4 Å². The summed E-state index contributed by atoms with van der Waals surface area (Å²) in [5.41, 5.74) is 14.2. The van der Waals surface area contributed by atoms with E-state index in [2.05, 4.69) is 28.3 Å². The van der Waals surface area contributed by atoms with Crippen LogP contribution in [-0.2, 0) is 19.5 Å². The minimum atomic E-state index is -0.338. The summed E-state index contributed by atoms with van der Waals surface area (Å²) < 4.78 is 14.8. The van der Waals surface area contributed by atoms with Gasteiger partial charge in [-0.15, -0.1) is 0 Å². The van der Waals surface area contributed by atoms with Crippen LogP contribution in [0.5, 0.6) is 0 Å². The smallest absolute Gasteiger partial charge is 0.227 e. The first-order chi connectivity index (χ1) is 18.1. The fourth-order valence-corrected chi connectivity index (χ4v) is 5.14. The number of hydrogen-bond acceptors (Lipinski definition) is 5. The molecule has 0 aliphatic carbocycles. The molecule has 0 saturated heterocycles. The minimum Gasteiger partial charge on any atom is -0.357 e. The molecule has 3 heterocycles. The molecule has 0 radical (unpaired) electrons. The molecule has 3 aromatic carbocycles. The van der Waals surface area contributed by atoms with Crippen molar-refractivity contribution in [1.82, 2.24) is 15.0 Å². The van der Waals surface area contributed by atoms with Crippen LogP contribution in [-0.4, -0.2) is 20.7 Å². The van der Waals surface area contributed by atoms with Crippen molar-refractivity contribution >= 4 is 39.9 Å². The number of aryl methyl sites for hydroxylation is 1. The molecule has 37 heavy (non-hydrogen) atoms. The Morgan fingerprint density at radius 3 is 2.73 bits per heavy atom. The molecule has 6 rings (SSSR count). The Morgan fingerprint density at radius 1 is 1.05 bits per heavy atom. The number of benzene rings is 3. The van der Waals surface area contributed by atoms with Gasteiger partial charge in [0.1, 0.15) is 5.82 Å². The second-order valence-electron chi connectivity index (χ2n) is 8.93. The van der Waals surface area contributed by atoms with Crippen molar-refractivity contribution in [2.45, 2.75) is 26.4 Å². The van der Waals surface area contributed by atoms with Crippen LogP contribution in [0.2, 0.25) is 5.02 Å². The zero-order valence-corrected chi connectivity index (χ0v) is 20.9. The van der Waals surface area contributed by atoms with Crippen LogP contribution in [0.25, 0.3) is 22.2 Å². The van der Waals surface area contributed by atoms with E-state index < -0.39 is 0 Å². The SMILES string of the molecule is CCc1c(CN)[nH]c2cc(Nc3ncc4c(n3)-c3ccc(Cl)cc3C(c3ccccc3F)=NC4)ccc12. The van der Waals surface area contributed by atoms with E-state index in [-0.39, 0.29) is 5.82 Å². The number of H-pyrrole nitrogens is 1. The van der Waals surface area contributed by atoms with Gasteiger partial charge in [0.15, 0.2) is 0 Å². The summed E-state index contributed by atoms with van der Waals surface area (Å²) in [4.78, 5) is 17.6. The highest BCUT2D eigenvalue weighted by Gasteiger charge is 2.23. The zero-order valence-electron chi connectivity index (χ0n) is 20.1. The molecule has 4 N–H and O–H groups in total. The lowest BCUT2D eigenvalue weighted by Gasteiger charge is -2.13. The van der Waals surface area contributed by atoms with Gasteiger partial charge in [0.2, 0.25) is 5.95 Å². The lowest BCUT2D eigenvalue weighted by atomic mass is 9.95. The first-order valence-electron chi connectivity index (χ1n) is 12.1. The largest absolute Gasteiger partial charge is 0.357 e. The Kier molecular flexibility index (Phi) is 5.94. The van der Waals surface area contributed by atoms with Gasteiger partial charge < -0.3 is 16.0 Å². The van der Waals surface area contributed by atoms with E-state index in [1.54, 1.807) is 24.4 Å². The Labute approximate surface area is 218 Å². The molecule has 0 amide bonds. The van der Waals surface area contributed by atoms with Gasteiger partial charge in [-0.2, -0.15) is 0 Å². The number of hydrogen-bond donors (Lipinski definition) is 3. The fraction of sp³-hybridized carbons (Fsp3) is 0.138. The predicted molar refractivity (Wildman–Crippen MR) is 147 cm³/mol. The van der Waals surface area contributed by atoms with Crippen LogP contribution in [0.1, 0.15) is 34.9 Å². The van der Waals surface area contributed by atoms with E-state index in [9.17, 15) is 4.39 Å². The first kappa shape index (κ1) is 23.3. The van der Waals surface area contributed by atoms with Gasteiger partial charge in [-0.05, 0) is 48.4 Å². The summed E-state index contributed by atoms with van der Waals surface area (Å²) in [5.74, 6) is 0.116. The van der Waals surface area contributed by atoms with Crippen molar-refractivity contribution < 1.29 is 4.39 Å². The van der Waals surface area contributed by atoms with Crippen molar-refractivity contribution in [3.05, 3.63) is 106 Å². The number of aliphatic imine (C=N–C) groups is 1. The Hall–Kier alpha value is -4.07. The van der Waals surface area contributed by atoms with Crippen LogP contribution in [0.15, 0.2) is 71.9 Å². The number of rotatable bonds is 5. The van der Waals surface area contributed by atoms with E-state index in [0.717, 1.165) is 45.7 Å². The van der Waals surface area contributed by atoms with E-state index in [1.165, 1.54) is 17.0 Å². The summed E-state index contributed by atoms with van der Waals surface area (Å²) >= 11 is 6.36. The number of aromatic nitrogens is 3. The first-order valence-corrected chi connectivity index (χ1v) is 12.5. The normalized spacial score (nSPS) is 12.6. The molecule has 5 aromatic rings. The molecule has 0 atom stereocenters. The molecular formula is C29H24ClFN6. The third-order valence-corrected chi connectivity index (χ3v) is 6.94. The van der Waals surface area contributed by atoms with Gasteiger partial charge in [0.25, 0.3) is 0 Å². The molecule has 0 spiro atoms. The summed E-state index contributed by atoms with van der Waals surface area (Å²) in [6.45, 7) is 2.92. The lowest BCUT2D eigenvalue weighted by molar-refractivity contribution is 0.625. The monoisotopic (exact) mass is 510 g/mol. The summed E-state index contributed by atoms with van der Waals surface area (Å²) in [7, 11) is 0. The molecule has 0 fully saturated rings. The van der Waals surface area contributed by atoms with Crippen molar-refractivity contribution in [3.8, 4) is 11.3 Å². The summed E-state index contributed by atoms with van der Waals surface area (Å²) in [5, 5.41) is 5.04. The molecule has 1 aliphatic rings. The van der Waals surface area contributed by atoms with Crippen LogP contribution < -0.4 is 11.1 Å². The summed E-state index contributed by atoms with van der Waals surface area (Å²) in [6, 6.07) is 18.3. The maximum Gasteiger partial charge on any atom is 0.227 e. The number of nitrogens with two attached hydrogens (primary N) is 1. The minimum absolute atomic E-state index is 0.321. The third kappa shape index (κ3) is 4.16. The van der Waals surface area contributed by atoms with Gasteiger partial charge >= 0.3 is 0 Å². The molecule has 0 saturated carbocycles. The fourth-order valence-electron chi connectivity index (χ4n) is 4.96. The van der Waals surface area contributed by atoms with E-state index in [4.69, 9.17) is 27.3 Å². The average Bonchev–Trinajstić information content (AvgIpc) is 3.19. The van der Waals surface area contributed by atoms with Crippen molar-refractivity contribution in [3.63, 3.8) is 0 Å². The maximum absolute atomic E-state index is 14.8. The highest BCUT2D eigenvalue weighted by Crippen LogP contribution is 2.34. The predicted octanol–water partition coefficient (Wildman–Crippen LogP) is 6.53. The number of halogens is 2. The highest BCUT2D eigenvalue weighted by atomic mass is 35.5. The van der Waals surface area contributed by atoms with Crippen LogP contribution in [0, 0.1) is 5.82 Å². The molecule has 8 heteroatoms. The standard InChI is InChI=1S/C29H24ClFN6/c1-2-19-20-10-8-18(12-25(20)36-26(19)13-32)35-29-34-15-16-14-33-28(22-5-3-4-6-24(22)31)23-11-17(30)7-9-21(23)27(16)37-29/h3-12,15,36H,2,13-14,32H2,1H3,(H,34,35,37). The third-order valence-electron chi connectivity index (χ3n) is 6.70. The quantitative estimate of drug-likeness (QED) is 0.250. The van der Waals surface area contributed by atoms with Crippen LogP contribution in [0.3, 0.4) is 0 Å². The van der Waals surface area contributed by atoms with Gasteiger partial charge in [-0.3, -0.25) is 4.99 Å². The highest BCUT2D eigenvalue weighted by molar-refractivity contribution is 6.31. The molecule has 0 bridgehead atoms. The van der Waals surface area contributed by atoms with Crippen LogP contribution in [0.4, 0.5) is 16.0 Å². The van der Waals surface area contributed by atoms with Gasteiger partial charge in [0, 0.05) is 62.3 Å². The maximum atomic E-state index is 14.8. The number of fused-ring (bicyclic) bond motifs is 4. The second-order valence-corrected chi connectivity index (χ2v) is 9.36. The Balaban J connectivity index is 1.41. The molecule has 1 aliphatic heterocycles. The molecule has 184 valence electrons. The number of nitrogens with zero attached hydrogens (tertiary/aromatic N) is 3. The molecule has 6 nitrogen and oxygen atoms in total. The van der Waals surface area contributed by atoms with E-state index in [1.807, 2.05) is 30.3 Å². The number of anilines is 2. The molecule has 0 unspecified atom stereocenters. The van der Waals surface area contributed by atoms with Gasteiger partial charge in [-0.1, -0.05) is 42.8 Å². The van der Waals surface area contributed by atoms with Crippen LogP contribution >= 0.6 is 11.6 Å². The van der Waals surface area contributed by atoms with E-state index in [0.29, 0.717) is 35.3 Å². The van der Waals surface area contributed by atoms with Crippen molar-refractivity contribution in [1.29, 1.82) is 0 Å². The number of nitrogens with one attached hydrogen (secondary N) is 2. The molecular weight excluding hydrogens is 487 g/mol. The average molecular weight is 511 g/mol. The van der Waals surface area contributed by atoms with Crippen molar-refractivity contribution in [2.24, 2.45) is 10.7 Å². The Bertz CT molecular complexity index is 1690.